The lowest BCUT2D eigenvalue weighted by atomic mass is 10.1. The van der Waals surface area contributed by atoms with Crippen molar-refractivity contribution in [2.24, 2.45) is 7.05 Å². The van der Waals surface area contributed by atoms with Crippen LogP contribution < -0.4 is 15.0 Å². The first-order valence-corrected chi connectivity index (χ1v) is 10.7. The minimum atomic E-state index is -3.00. The predicted molar refractivity (Wildman–Crippen MR) is 120 cm³/mol. The van der Waals surface area contributed by atoms with E-state index < -0.39 is 6.61 Å². The van der Waals surface area contributed by atoms with Gasteiger partial charge in [0, 0.05) is 20.6 Å². The van der Waals surface area contributed by atoms with E-state index in [0.29, 0.717) is 38.0 Å². The molecule has 0 bridgehead atoms. The van der Waals surface area contributed by atoms with Gasteiger partial charge in [0.25, 0.3) is 11.5 Å². The Morgan fingerprint density at radius 2 is 1.91 bits per heavy atom. The Labute approximate surface area is 193 Å². The van der Waals surface area contributed by atoms with Crippen LogP contribution in [0.1, 0.15) is 32.2 Å². The van der Waals surface area contributed by atoms with Gasteiger partial charge in [-0.1, -0.05) is 6.07 Å². The van der Waals surface area contributed by atoms with Crippen molar-refractivity contribution in [3.63, 3.8) is 0 Å². The number of carbonyl (C=O) groups excluding carboxylic acids is 1. The van der Waals surface area contributed by atoms with Gasteiger partial charge >= 0.3 is 6.61 Å². The number of methoxy groups -OCH3 is 1. The first kappa shape index (κ1) is 24.3. The average molecular weight is 479 g/mol. The van der Waals surface area contributed by atoms with E-state index in [9.17, 15) is 18.4 Å². The second-order valence-corrected chi connectivity index (χ2v) is 8.47. The fourth-order valence-electron chi connectivity index (χ4n) is 3.33. The van der Waals surface area contributed by atoms with E-state index in [0.717, 1.165) is 11.3 Å². The highest BCUT2D eigenvalue weighted by Crippen LogP contribution is 2.31. The molecule has 176 valence electrons. The van der Waals surface area contributed by atoms with Crippen LogP contribution in [0.4, 0.5) is 8.78 Å². The van der Waals surface area contributed by atoms with Crippen molar-refractivity contribution in [3.8, 4) is 22.1 Å². The average Bonchev–Trinajstić information content (AvgIpc) is 3.12. The number of nitrogens with zero attached hydrogens (tertiary/aromatic N) is 4. The molecule has 0 unspecified atom stereocenters. The van der Waals surface area contributed by atoms with E-state index in [1.54, 1.807) is 40.9 Å². The number of aromatic nitrogens is 3. The summed E-state index contributed by atoms with van der Waals surface area (Å²) in [5.74, 6) is -0.245. The SMILES string of the molecule is COc1ccc(CN(C)C(=O)c2sc(-c3c(C)c(C)nn(C)c3=O)nc2C)cc1OC(F)F. The molecule has 0 spiro atoms. The number of halogens is 2. The second-order valence-electron chi connectivity index (χ2n) is 7.47. The Bertz CT molecular complexity index is 1260. The van der Waals surface area contributed by atoms with Crippen LogP contribution in [0, 0.1) is 20.8 Å². The first-order valence-electron chi connectivity index (χ1n) is 9.93. The van der Waals surface area contributed by atoms with E-state index in [1.807, 2.05) is 0 Å². The molecule has 0 aliphatic rings. The van der Waals surface area contributed by atoms with Gasteiger partial charge in [-0.2, -0.15) is 13.9 Å². The summed E-state index contributed by atoms with van der Waals surface area (Å²) < 4.78 is 36.2. The number of carbonyl (C=O) groups is 1. The number of rotatable bonds is 7. The zero-order chi connectivity index (χ0) is 24.4. The fraction of sp³-hybridized carbons (Fsp3) is 0.364. The van der Waals surface area contributed by atoms with Crippen LogP contribution in [0.5, 0.6) is 11.5 Å². The topological polar surface area (TPSA) is 86.6 Å². The number of aryl methyl sites for hydroxylation is 3. The quantitative estimate of drug-likeness (QED) is 0.515. The standard InChI is InChI=1S/C22H24F2N4O4S/c1-11-12(2)26-28(5)20(29)17(11)19-25-13(3)18(33-19)21(30)27(4)10-14-7-8-15(31-6)16(9-14)32-22(23)24/h7-9,22H,10H2,1-6H3. The Kier molecular flexibility index (Phi) is 7.11. The molecule has 0 aliphatic carbocycles. The van der Waals surface area contributed by atoms with Crippen molar-refractivity contribution in [1.29, 1.82) is 0 Å². The maximum atomic E-state index is 13.1. The van der Waals surface area contributed by atoms with Crippen LogP contribution in [0.3, 0.4) is 0 Å². The number of benzene rings is 1. The van der Waals surface area contributed by atoms with Crippen LogP contribution in [0.2, 0.25) is 0 Å². The molecule has 2 heterocycles. The third-order valence-electron chi connectivity index (χ3n) is 5.14. The summed E-state index contributed by atoms with van der Waals surface area (Å²) >= 11 is 1.14. The first-order chi connectivity index (χ1) is 15.5. The molecule has 1 amide bonds. The number of hydrogen-bond donors (Lipinski definition) is 0. The molecule has 11 heteroatoms. The molecule has 2 aromatic heterocycles. The van der Waals surface area contributed by atoms with Gasteiger partial charge in [0.05, 0.1) is 24.1 Å². The molecule has 8 nitrogen and oxygen atoms in total. The zero-order valence-corrected chi connectivity index (χ0v) is 19.9. The maximum absolute atomic E-state index is 13.1. The number of ether oxygens (including phenoxy) is 2. The number of amides is 1. The van der Waals surface area contributed by atoms with Crippen LogP contribution in [-0.4, -0.2) is 46.3 Å². The highest BCUT2D eigenvalue weighted by Gasteiger charge is 2.23. The van der Waals surface area contributed by atoms with Crippen molar-refractivity contribution in [2.45, 2.75) is 33.9 Å². The number of hydrogen-bond acceptors (Lipinski definition) is 7. The number of alkyl halides is 2. The molecule has 0 N–H and O–H groups in total. The summed E-state index contributed by atoms with van der Waals surface area (Å²) in [4.78, 5) is 32.1. The second kappa shape index (κ2) is 9.65. The molecule has 0 radical (unpaired) electrons. The van der Waals surface area contributed by atoms with Crippen molar-refractivity contribution < 1.29 is 23.0 Å². The maximum Gasteiger partial charge on any atom is 0.387 e. The predicted octanol–water partition coefficient (Wildman–Crippen LogP) is 3.71. The third kappa shape index (κ3) is 5.03. The summed E-state index contributed by atoms with van der Waals surface area (Å²) in [6, 6.07) is 4.58. The molecule has 0 saturated carbocycles. The Morgan fingerprint density at radius 3 is 2.55 bits per heavy atom. The third-order valence-corrected chi connectivity index (χ3v) is 6.30. The molecule has 3 aromatic rings. The normalized spacial score (nSPS) is 11.1. The van der Waals surface area contributed by atoms with Gasteiger partial charge < -0.3 is 14.4 Å². The van der Waals surface area contributed by atoms with Crippen molar-refractivity contribution >= 4 is 17.2 Å². The highest BCUT2D eigenvalue weighted by atomic mass is 32.1. The Morgan fingerprint density at radius 1 is 1.21 bits per heavy atom. The van der Waals surface area contributed by atoms with Crippen LogP contribution in [-0.2, 0) is 13.6 Å². The summed E-state index contributed by atoms with van der Waals surface area (Å²) in [6.45, 7) is 2.45. The lowest BCUT2D eigenvalue weighted by molar-refractivity contribution is -0.0512. The van der Waals surface area contributed by atoms with Gasteiger partial charge in [0.2, 0.25) is 0 Å². The van der Waals surface area contributed by atoms with Crippen molar-refractivity contribution in [1.82, 2.24) is 19.7 Å². The van der Waals surface area contributed by atoms with E-state index in [1.165, 1.54) is 28.8 Å². The molecule has 0 atom stereocenters. The summed E-state index contributed by atoms with van der Waals surface area (Å²) in [6.07, 6.45) is 0. The van der Waals surface area contributed by atoms with Gasteiger partial charge in [-0.05, 0) is 44.0 Å². The molecule has 0 aliphatic heterocycles. The van der Waals surface area contributed by atoms with E-state index in [-0.39, 0.29) is 29.5 Å². The summed E-state index contributed by atoms with van der Waals surface area (Å²) in [5, 5.41) is 4.62. The van der Waals surface area contributed by atoms with Crippen LogP contribution in [0.25, 0.3) is 10.6 Å². The smallest absolute Gasteiger partial charge is 0.387 e. The van der Waals surface area contributed by atoms with Gasteiger partial charge in [0.1, 0.15) is 9.88 Å². The van der Waals surface area contributed by atoms with Gasteiger partial charge in [-0.3, -0.25) is 9.59 Å². The van der Waals surface area contributed by atoms with Crippen molar-refractivity contribution in [3.05, 3.63) is 55.9 Å². The molecule has 33 heavy (non-hydrogen) atoms. The zero-order valence-electron chi connectivity index (χ0n) is 19.1. The van der Waals surface area contributed by atoms with Crippen molar-refractivity contribution in [2.75, 3.05) is 14.2 Å². The largest absolute Gasteiger partial charge is 0.493 e. The van der Waals surface area contributed by atoms with Gasteiger partial charge in [-0.25, -0.2) is 9.67 Å². The van der Waals surface area contributed by atoms with E-state index >= 15 is 0 Å². The minimum Gasteiger partial charge on any atom is -0.493 e. The highest BCUT2D eigenvalue weighted by molar-refractivity contribution is 7.17. The number of thiazole rings is 1. The molecule has 0 saturated heterocycles. The van der Waals surface area contributed by atoms with Crippen LogP contribution in [0.15, 0.2) is 23.0 Å². The fourth-order valence-corrected chi connectivity index (χ4v) is 4.48. The summed E-state index contributed by atoms with van der Waals surface area (Å²) in [7, 11) is 4.52. The van der Waals surface area contributed by atoms with E-state index in [4.69, 9.17) is 4.74 Å². The Hall–Kier alpha value is -3.34. The molecular weight excluding hydrogens is 454 g/mol. The molecule has 0 fully saturated rings. The summed E-state index contributed by atoms with van der Waals surface area (Å²) in [5.41, 5.74) is 2.63. The lowest BCUT2D eigenvalue weighted by Crippen LogP contribution is -2.26. The minimum absolute atomic E-state index is 0.110. The Balaban J connectivity index is 1.89. The van der Waals surface area contributed by atoms with Gasteiger partial charge in [-0.15, -0.1) is 11.3 Å². The molecule has 3 rings (SSSR count). The molecule has 1 aromatic carbocycles. The monoisotopic (exact) mass is 478 g/mol. The lowest BCUT2D eigenvalue weighted by Gasteiger charge is -2.18. The van der Waals surface area contributed by atoms with Gasteiger partial charge in [0.15, 0.2) is 11.5 Å². The molecular formula is C22H24F2N4O4S. The van der Waals surface area contributed by atoms with E-state index in [2.05, 4.69) is 14.8 Å². The van der Waals surface area contributed by atoms with Crippen LogP contribution >= 0.6 is 11.3 Å².